The maximum atomic E-state index is 12.5. The predicted molar refractivity (Wildman–Crippen MR) is 71.8 cm³/mol. The maximum Gasteiger partial charge on any atom is 0.249 e. The van der Waals surface area contributed by atoms with Crippen LogP contribution in [0.2, 0.25) is 0 Å². The third-order valence-electron chi connectivity index (χ3n) is 3.54. The summed E-state index contributed by atoms with van der Waals surface area (Å²) in [6.07, 6.45) is 0.877. The second-order valence-electron chi connectivity index (χ2n) is 4.81. The Morgan fingerprint density at radius 3 is 2.90 bits per heavy atom. The van der Waals surface area contributed by atoms with Crippen LogP contribution in [0.3, 0.4) is 0 Å². The van der Waals surface area contributed by atoms with Crippen molar-refractivity contribution < 1.29 is 19.1 Å². The molecule has 0 spiro atoms. The summed E-state index contributed by atoms with van der Waals surface area (Å²) in [7, 11) is 0. The normalized spacial score (nSPS) is 21.6. The van der Waals surface area contributed by atoms with Gasteiger partial charge < -0.3 is 19.7 Å². The average Bonchev–Trinajstić information content (AvgIpc) is 2.86. The van der Waals surface area contributed by atoms with Gasteiger partial charge in [-0.15, -0.1) is 0 Å². The molecule has 1 atom stereocenters. The number of nitrogens with zero attached hydrogens (tertiary/aromatic N) is 1. The van der Waals surface area contributed by atoms with Crippen molar-refractivity contribution in [1.29, 1.82) is 0 Å². The summed E-state index contributed by atoms with van der Waals surface area (Å²) in [5, 5.41) is 2.74. The van der Waals surface area contributed by atoms with E-state index in [4.69, 9.17) is 9.47 Å². The van der Waals surface area contributed by atoms with Gasteiger partial charge in [0.15, 0.2) is 11.5 Å². The molecule has 0 aliphatic carbocycles. The molecule has 3 rings (SSSR count). The van der Waals surface area contributed by atoms with Gasteiger partial charge in [0.2, 0.25) is 18.6 Å². The molecule has 1 aromatic carbocycles. The van der Waals surface area contributed by atoms with Crippen molar-refractivity contribution in [2.75, 3.05) is 18.2 Å². The Labute approximate surface area is 116 Å². The number of nitrogens with one attached hydrogen (secondary N) is 1. The van der Waals surface area contributed by atoms with Gasteiger partial charge in [-0.25, -0.2) is 0 Å². The Kier molecular flexibility index (Phi) is 3.22. The Morgan fingerprint density at radius 2 is 2.10 bits per heavy atom. The van der Waals surface area contributed by atoms with Crippen LogP contribution < -0.4 is 19.7 Å². The van der Waals surface area contributed by atoms with Crippen LogP contribution in [0.1, 0.15) is 19.8 Å². The fraction of sp³-hybridized carbons (Fsp3) is 0.429. The smallest absolute Gasteiger partial charge is 0.249 e. The minimum atomic E-state index is -0.463. The highest BCUT2D eigenvalue weighted by Gasteiger charge is 2.30. The topological polar surface area (TPSA) is 67.9 Å². The monoisotopic (exact) mass is 276 g/mol. The number of benzene rings is 1. The first-order valence-corrected chi connectivity index (χ1v) is 6.69. The minimum Gasteiger partial charge on any atom is -0.454 e. The average molecular weight is 276 g/mol. The molecule has 2 amide bonds. The first-order valence-electron chi connectivity index (χ1n) is 6.69. The first kappa shape index (κ1) is 12.8. The summed E-state index contributed by atoms with van der Waals surface area (Å²) in [4.78, 5) is 25.7. The van der Waals surface area contributed by atoms with Crippen LogP contribution >= 0.6 is 0 Å². The van der Waals surface area contributed by atoms with E-state index in [-0.39, 0.29) is 18.6 Å². The van der Waals surface area contributed by atoms with Gasteiger partial charge in [0.1, 0.15) is 6.04 Å². The molecule has 1 saturated heterocycles. The van der Waals surface area contributed by atoms with Crippen LogP contribution in [0.5, 0.6) is 11.5 Å². The van der Waals surface area contributed by atoms with E-state index in [0.29, 0.717) is 30.9 Å². The Balaban J connectivity index is 1.91. The van der Waals surface area contributed by atoms with Gasteiger partial charge in [0, 0.05) is 24.7 Å². The summed E-state index contributed by atoms with van der Waals surface area (Å²) in [5.74, 6) is 1.13. The number of rotatable bonds is 2. The molecule has 106 valence electrons. The summed E-state index contributed by atoms with van der Waals surface area (Å²) in [6, 6.07) is 4.92. The number of amides is 2. The molecular formula is C14H16N2O4. The number of carbonyl (C=O) groups excluding carboxylic acids is 2. The summed E-state index contributed by atoms with van der Waals surface area (Å²) in [5.41, 5.74) is 0.731. The van der Waals surface area contributed by atoms with Crippen molar-refractivity contribution >= 4 is 17.5 Å². The largest absolute Gasteiger partial charge is 0.454 e. The zero-order valence-corrected chi connectivity index (χ0v) is 11.2. The Morgan fingerprint density at radius 1 is 1.30 bits per heavy atom. The second-order valence-corrected chi connectivity index (χ2v) is 4.81. The molecule has 0 saturated carbocycles. The highest BCUT2D eigenvalue weighted by atomic mass is 16.7. The zero-order valence-electron chi connectivity index (χ0n) is 11.2. The fourth-order valence-corrected chi connectivity index (χ4v) is 2.43. The molecule has 6 nitrogen and oxygen atoms in total. The molecule has 0 radical (unpaired) electrons. The fourth-order valence-electron chi connectivity index (χ4n) is 2.43. The van der Waals surface area contributed by atoms with E-state index in [1.165, 1.54) is 0 Å². The molecule has 6 heteroatoms. The highest BCUT2D eigenvalue weighted by Crippen LogP contribution is 2.35. The quantitative estimate of drug-likeness (QED) is 0.876. The molecule has 0 aromatic heterocycles. The molecule has 1 N–H and O–H groups in total. The summed E-state index contributed by atoms with van der Waals surface area (Å²) in [6.45, 7) is 2.46. The van der Waals surface area contributed by atoms with E-state index in [1.807, 2.05) is 13.0 Å². The van der Waals surface area contributed by atoms with Gasteiger partial charge in [0.25, 0.3) is 0 Å². The van der Waals surface area contributed by atoms with E-state index in [9.17, 15) is 9.59 Å². The SMILES string of the molecule is CCC1NC(=O)CCN(c2ccc3c(c2)OCO3)C1=O. The predicted octanol–water partition coefficient (Wildman–Crippen LogP) is 1.05. The number of ether oxygens (including phenoxy) is 2. The van der Waals surface area contributed by atoms with Crippen LogP contribution in [0, 0.1) is 0 Å². The summed E-state index contributed by atoms with van der Waals surface area (Å²) >= 11 is 0. The van der Waals surface area contributed by atoms with Gasteiger partial charge in [-0.1, -0.05) is 6.92 Å². The molecule has 1 fully saturated rings. The van der Waals surface area contributed by atoms with Gasteiger partial charge in [-0.2, -0.15) is 0 Å². The van der Waals surface area contributed by atoms with E-state index < -0.39 is 6.04 Å². The van der Waals surface area contributed by atoms with Crippen molar-refractivity contribution in [3.05, 3.63) is 18.2 Å². The van der Waals surface area contributed by atoms with Crippen molar-refractivity contribution in [3.8, 4) is 11.5 Å². The lowest BCUT2D eigenvalue weighted by atomic mass is 10.2. The molecule has 0 bridgehead atoms. The van der Waals surface area contributed by atoms with Crippen LogP contribution in [0.15, 0.2) is 18.2 Å². The van der Waals surface area contributed by atoms with Crippen LogP contribution in [0.4, 0.5) is 5.69 Å². The molecule has 1 unspecified atom stereocenters. The number of carbonyl (C=O) groups is 2. The van der Waals surface area contributed by atoms with Crippen LogP contribution in [0.25, 0.3) is 0 Å². The maximum absolute atomic E-state index is 12.5. The number of hydrogen-bond donors (Lipinski definition) is 1. The van der Waals surface area contributed by atoms with Crippen molar-refractivity contribution in [1.82, 2.24) is 5.32 Å². The van der Waals surface area contributed by atoms with Crippen LogP contribution in [-0.2, 0) is 9.59 Å². The van der Waals surface area contributed by atoms with Gasteiger partial charge in [0.05, 0.1) is 0 Å². The standard InChI is InChI=1S/C14H16N2O4/c1-2-10-14(18)16(6-5-13(17)15-10)9-3-4-11-12(7-9)20-8-19-11/h3-4,7,10H,2,5-6,8H2,1H3,(H,15,17). The minimum absolute atomic E-state index is 0.0859. The lowest BCUT2D eigenvalue weighted by Gasteiger charge is -2.23. The number of hydrogen-bond acceptors (Lipinski definition) is 4. The van der Waals surface area contributed by atoms with Gasteiger partial charge in [-0.05, 0) is 18.6 Å². The number of fused-ring (bicyclic) bond motifs is 1. The van der Waals surface area contributed by atoms with E-state index in [1.54, 1.807) is 17.0 Å². The zero-order chi connectivity index (χ0) is 14.1. The lowest BCUT2D eigenvalue weighted by Crippen LogP contribution is -2.44. The molecule has 2 aliphatic rings. The highest BCUT2D eigenvalue weighted by molar-refractivity contribution is 6.01. The van der Waals surface area contributed by atoms with Crippen molar-refractivity contribution in [2.24, 2.45) is 0 Å². The molecular weight excluding hydrogens is 260 g/mol. The molecule has 1 aromatic rings. The molecule has 2 aliphatic heterocycles. The van der Waals surface area contributed by atoms with E-state index in [2.05, 4.69) is 5.32 Å². The summed E-state index contributed by atoms with van der Waals surface area (Å²) < 4.78 is 10.6. The number of anilines is 1. The van der Waals surface area contributed by atoms with Gasteiger partial charge in [-0.3, -0.25) is 9.59 Å². The third kappa shape index (κ3) is 2.17. The molecule has 20 heavy (non-hydrogen) atoms. The third-order valence-corrected chi connectivity index (χ3v) is 3.54. The Hall–Kier alpha value is -2.24. The first-order chi connectivity index (χ1) is 9.69. The van der Waals surface area contributed by atoms with Gasteiger partial charge >= 0.3 is 0 Å². The van der Waals surface area contributed by atoms with Crippen LogP contribution in [-0.4, -0.2) is 31.2 Å². The second kappa shape index (κ2) is 5.03. The molecule has 2 heterocycles. The van der Waals surface area contributed by atoms with E-state index in [0.717, 1.165) is 5.69 Å². The lowest BCUT2D eigenvalue weighted by molar-refractivity contribution is -0.125. The van der Waals surface area contributed by atoms with E-state index >= 15 is 0 Å². The van der Waals surface area contributed by atoms with Crippen molar-refractivity contribution in [2.45, 2.75) is 25.8 Å². The Bertz CT molecular complexity index is 558. The van der Waals surface area contributed by atoms with Crippen molar-refractivity contribution in [3.63, 3.8) is 0 Å².